The molecule has 0 spiro atoms. The lowest BCUT2D eigenvalue weighted by Crippen LogP contribution is -2.34. The summed E-state index contributed by atoms with van der Waals surface area (Å²) >= 11 is 6.06. The maximum Gasteiger partial charge on any atom is 0.0408 e. The third-order valence-corrected chi connectivity index (χ3v) is 5.16. The molecule has 1 aromatic carbocycles. The largest absolute Gasteiger partial charge is 0.313 e. The molecule has 110 valence electrons. The van der Waals surface area contributed by atoms with Gasteiger partial charge in [0.1, 0.15) is 0 Å². The molecule has 1 fully saturated rings. The topological polar surface area (TPSA) is 15.3 Å². The average Bonchev–Trinajstić information content (AvgIpc) is 2.83. The fourth-order valence-electron chi connectivity index (χ4n) is 3.57. The van der Waals surface area contributed by atoms with Crippen LogP contribution in [-0.2, 0) is 12.8 Å². The Kier molecular flexibility index (Phi) is 4.65. The number of halogens is 1. The van der Waals surface area contributed by atoms with Crippen LogP contribution in [0, 0.1) is 5.92 Å². The van der Waals surface area contributed by atoms with E-state index in [1.54, 1.807) is 0 Å². The minimum atomic E-state index is 0.620. The van der Waals surface area contributed by atoms with Crippen LogP contribution in [0.25, 0.3) is 0 Å². The number of piperidine rings is 1. The van der Waals surface area contributed by atoms with Gasteiger partial charge in [0.05, 0.1) is 0 Å². The van der Waals surface area contributed by atoms with Gasteiger partial charge >= 0.3 is 0 Å². The molecule has 0 bridgehead atoms. The standard InChI is InChI=1S/C17H25ClN2/c1-20-8-5-13(6-9-20)4-7-19-17-11-14-2-3-16(18)10-15(14)12-17/h2-3,10,13,17,19H,4-9,11-12H2,1H3. The van der Waals surface area contributed by atoms with Crippen molar-refractivity contribution in [1.29, 1.82) is 0 Å². The first-order valence-electron chi connectivity index (χ1n) is 7.90. The Balaban J connectivity index is 1.40. The number of nitrogens with one attached hydrogen (secondary N) is 1. The summed E-state index contributed by atoms with van der Waals surface area (Å²) in [6.45, 7) is 3.72. The molecule has 2 aliphatic rings. The summed E-state index contributed by atoms with van der Waals surface area (Å²) in [6.07, 6.45) is 6.39. The van der Waals surface area contributed by atoms with Crippen LogP contribution < -0.4 is 5.32 Å². The van der Waals surface area contributed by atoms with Crippen molar-refractivity contribution < 1.29 is 0 Å². The van der Waals surface area contributed by atoms with Crippen LogP contribution in [0.3, 0.4) is 0 Å². The fourth-order valence-corrected chi connectivity index (χ4v) is 3.77. The van der Waals surface area contributed by atoms with Gasteiger partial charge in [-0.15, -0.1) is 0 Å². The second-order valence-electron chi connectivity index (χ2n) is 6.51. The minimum absolute atomic E-state index is 0.620. The summed E-state index contributed by atoms with van der Waals surface area (Å²) in [5.41, 5.74) is 2.92. The molecule has 0 amide bonds. The van der Waals surface area contributed by atoms with Crippen LogP contribution in [0.15, 0.2) is 18.2 Å². The maximum absolute atomic E-state index is 6.06. The summed E-state index contributed by atoms with van der Waals surface area (Å²) in [4.78, 5) is 2.45. The lowest BCUT2D eigenvalue weighted by molar-refractivity contribution is 0.210. The second kappa shape index (κ2) is 6.46. The molecule has 1 unspecified atom stereocenters. The van der Waals surface area contributed by atoms with E-state index in [1.165, 1.54) is 56.4 Å². The molecular formula is C17H25ClN2. The Hall–Kier alpha value is -0.570. The Morgan fingerprint density at radius 3 is 2.75 bits per heavy atom. The molecule has 1 N–H and O–H groups in total. The van der Waals surface area contributed by atoms with Gasteiger partial charge in [-0.2, -0.15) is 0 Å². The van der Waals surface area contributed by atoms with Gasteiger partial charge in [0, 0.05) is 11.1 Å². The minimum Gasteiger partial charge on any atom is -0.313 e. The zero-order valence-electron chi connectivity index (χ0n) is 12.4. The van der Waals surface area contributed by atoms with Crippen molar-refractivity contribution in [1.82, 2.24) is 10.2 Å². The molecule has 0 saturated carbocycles. The highest BCUT2D eigenvalue weighted by Gasteiger charge is 2.22. The fraction of sp³-hybridized carbons (Fsp3) is 0.647. The van der Waals surface area contributed by atoms with E-state index in [1.807, 2.05) is 6.07 Å². The highest BCUT2D eigenvalue weighted by molar-refractivity contribution is 6.30. The molecule has 20 heavy (non-hydrogen) atoms. The highest BCUT2D eigenvalue weighted by atomic mass is 35.5. The van der Waals surface area contributed by atoms with Crippen molar-refractivity contribution in [2.24, 2.45) is 5.92 Å². The van der Waals surface area contributed by atoms with Crippen molar-refractivity contribution in [3.63, 3.8) is 0 Å². The Bertz CT molecular complexity index is 452. The molecular weight excluding hydrogens is 268 g/mol. The van der Waals surface area contributed by atoms with Crippen molar-refractivity contribution in [2.75, 3.05) is 26.7 Å². The number of rotatable bonds is 4. The van der Waals surface area contributed by atoms with E-state index in [-0.39, 0.29) is 0 Å². The number of hydrogen-bond donors (Lipinski definition) is 1. The van der Waals surface area contributed by atoms with Crippen LogP contribution in [0.4, 0.5) is 0 Å². The molecule has 2 nitrogen and oxygen atoms in total. The Morgan fingerprint density at radius 1 is 1.20 bits per heavy atom. The Labute approximate surface area is 127 Å². The summed E-state index contributed by atoms with van der Waals surface area (Å²) in [6, 6.07) is 6.96. The average molecular weight is 293 g/mol. The van der Waals surface area contributed by atoms with Crippen molar-refractivity contribution in [2.45, 2.75) is 38.1 Å². The summed E-state index contributed by atoms with van der Waals surface area (Å²) in [5, 5.41) is 4.62. The number of fused-ring (bicyclic) bond motifs is 1. The van der Waals surface area contributed by atoms with Gasteiger partial charge in [0.15, 0.2) is 0 Å². The van der Waals surface area contributed by atoms with Crippen LogP contribution in [-0.4, -0.2) is 37.6 Å². The summed E-state index contributed by atoms with van der Waals surface area (Å²) < 4.78 is 0. The lowest BCUT2D eigenvalue weighted by Gasteiger charge is -2.29. The van der Waals surface area contributed by atoms with Crippen LogP contribution in [0.5, 0.6) is 0 Å². The molecule has 1 aromatic rings. The first-order chi connectivity index (χ1) is 9.70. The molecule has 1 aliphatic heterocycles. The Morgan fingerprint density at radius 2 is 1.95 bits per heavy atom. The maximum atomic E-state index is 6.06. The van der Waals surface area contributed by atoms with Gasteiger partial charge in [-0.25, -0.2) is 0 Å². The van der Waals surface area contributed by atoms with Gasteiger partial charge < -0.3 is 10.2 Å². The van der Waals surface area contributed by atoms with Crippen LogP contribution in [0.1, 0.15) is 30.4 Å². The van der Waals surface area contributed by atoms with Gasteiger partial charge in [-0.1, -0.05) is 17.7 Å². The molecule has 0 radical (unpaired) electrons. The smallest absolute Gasteiger partial charge is 0.0408 e. The quantitative estimate of drug-likeness (QED) is 0.917. The highest BCUT2D eigenvalue weighted by Crippen LogP contribution is 2.25. The second-order valence-corrected chi connectivity index (χ2v) is 6.94. The normalized spacial score (nSPS) is 24.0. The molecule has 1 saturated heterocycles. The van der Waals surface area contributed by atoms with Crippen molar-refractivity contribution in [3.05, 3.63) is 34.3 Å². The number of hydrogen-bond acceptors (Lipinski definition) is 2. The first-order valence-corrected chi connectivity index (χ1v) is 8.28. The van der Waals surface area contributed by atoms with Gasteiger partial charge in [0.2, 0.25) is 0 Å². The zero-order valence-corrected chi connectivity index (χ0v) is 13.1. The van der Waals surface area contributed by atoms with E-state index in [4.69, 9.17) is 11.6 Å². The summed E-state index contributed by atoms with van der Waals surface area (Å²) in [5.74, 6) is 0.928. The van der Waals surface area contributed by atoms with E-state index in [9.17, 15) is 0 Å². The predicted molar refractivity (Wildman–Crippen MR) is 85.5 cm³/mol. The van der Waals surface area contributed by atoms with E-state index in [0.717, 1.165) is 17.4 Å². The van der Waals surface area contributed by atoms with E-state index in [0.29, 0.717) is 6.04 Å². The van der Waals surface area contributed by atoms with E-state index < -0.39 is 0 Å². The molecule has 1 atom stereocenters. The molecule has 1 aliphatic carbocycles. The van der Waals surface area contributed by atoms with Crippen LogP contribution >= 0.6 is 11.6 Å². The third kappa shape index (κ3) is 3.55. The first kappa shape index (κ1) is 14.4. The van der Waals surface area contributed by atoms with Crippen molar-refractivity contribution in [3.8, 4) is 0 Å². The van der Waals surface area contributed by atoms with E-state index in [2.05, 4.69) is 29.4 Å². The molecule has 3 rings (SSSR count). The lowest BCUT2D eigenvalue weighted by atomic mass is 9.94. The molecule has 0 aromatic heterocycles. The van der Waals surface area contributed by atoms with Crippen molar-refractivity contribution >= 4 is 11.6 Å². The third-order valence-electron chi connectivity index (χ3n) is 4.92. The molecule has 3 heteroatoms. The number of benzene rings is 1. The van der Waals surface area contributed by atoms with Gasteiger partial charge in [0.25, 0.3) is 0 Å². The monoisotopic (exact) mass is 292 g/mol. The number of likely N-dealkylation sites (tertiary alicyclic amines) is 1. The van der Waals surface area contributed by atoms with Gasteiger partial charge in [-0.3, -0.25) is 0 Å². The van der Waals surface area contributed by atoms with Crippen LogP contribution in [0.2, 0.25) is 5.02 Å². The predicted octanol–water partition coefficient (Wildman–Crippen LogP) is 3.13. The SMILES string of the molecule is CN1CCC(CCNC2Cc3ccc(Cl)cc3C2)CC1. The molecule has 1 heterocycles. The van der Waals surface area contributed by atoms with E-state index >= 15 is 0 Å². The van der Waals surface area contributed by atoms with Gasteiger partial charge in [-0.05, 0) is 88.0 Å². The number of nitrogens with zero attached hydrogens (tertiary/aromatic N) is 1. The zero-order chi connectivity index (χ0) is 13.9. The summed E-state index contributed by atoms with van der Waals surface area (Å²) in [7, 11) is 2.23.